The highest BCUT2D eigenvalue weighted by Crippen LogP contribution is 2.34. The molecule has 0 bridgehead atoms. The van der Waals surface area contributed by atoms with E-state index in [-0.39, 0.29) is 18.5 Å². The van der Waals surface area contributed by atoms with Gasteiger partial charge < -0.3 is 5.32 Å². The summed E-state index contributed by atoms with van der Waals surface area (Å²) in [7, 11) is 0. The third kappa shape index (κ3) is 2.46. The molecule has 1 saturated heterocycles. The van der Waals surface area contributed by atoms with Gasteiger partial charge in [0.2, 0.25) is 0 Å². The van der Waals surface area contributed by atoms with Crippen LogP contribution in [-0.2, 0) is 11.3 Å². The normalized spacial score (nSPS) is 19.8. The Balaban J connectivity index is 1.52. The van der Waals surface area contributed by atoms with Crippen LogP contribution in [0.5, 0.6) is 0 Å². The molecule has 2 heterocycles. The fraction of sp³-hybridized carbons (Fsp3) is 0.412. The Morgan fingerprint density at radius 3 is 2.58 bits per heavy atom. The number of carbonyl (C=O) groups excluding carboxylic acids is 2. The molecule has 2 fully saturated rings. The summed E-state index contributed by atoms with van der Waals surface area (Å²) in [6.45, 7) is 0.103. The lowest BCUT2D eigenvalue weighted by atomic mass is 9.82. The van der Waals surface area contributed by atoms with Crippen molar-refractivity contribution in [2.75, 3.05) is 0 Å². The molecule has 1 aliphatic carbocycles. The first-order valence-electron chi connectivity index (χ1n) is 8.28. The van der Waals surface area contributed by atoms with E-state index in [4.69, 9.17) is 0 Å². The molecule has 2 aromatic rings. The third-order valence-electron chi connectivity index (χ3n) is 4.81. The maximum absolute atomic E-state index is 12.8. The van der Waals surface area contributed by atoms with E-state index < -0.39 is 5.54 Å². The van der Waals surface area contributed by atoms with Gasteiger partial charge in [-0.15, -0.1) is 5.10 Å². The van der Waals surface area contributed by atoms with Crippen LogP contribution in [0, 0.1) is 0 Å². The maximum atomic E-state index is 12.8. The summed E-state index contributed by atoms with van der Waals surface area (Å²) in [6.07, 6.45) is 6.11. The molecule has 0 unspecified atom stereocenters. The number of benzene rings is 1. The molecule has 124 valence electrons. The maximum Gasteiger partial charge on any atom is 0.325 e. The average molecular weight is 325 g/mol. The predicted molar refractivity (Wildman–Crippen MR) is 86.3 cm³/mol. The Kier molecular flexibility index (Phi) is 3.55. The smallest absolute Gasteiger partial charge is 0.323 e. The van der Waals surface area contributed by atoms with E-state index >= 15 is 0 Å². The number of hydrogen-bond acceptors (Lipinski definition) is 4. The first-order chi connectivity index (χ1) is 11.7. The van der Waals surface area contributed by atoms with E-state index in [1.807, 2.05) is 30.3 Å². The summed E-state index contributed by atoms with van der Waals surface area (Å²) in [4.78, 5) is 30.5. The molecule has 7 nitrogen and oxygen atoms in total. The molecular formula is C17H19N5O2. The molecule has 1 spiro atoms. The Labute approximate surface area is 139 Å². The van der Waals surface area contributed by atoms with Crippen molar-refractivity contribution in [2.45, 2.75) is 44.2 Å². The van der Waals surface area contributed by atoms with E-state index in [0.717, 1.165) is 37.8 Å². The lowest BCUT2D eigenvalue weighted by Gasteiger charge is -2.30. The number of amides is 3. The van der Waals surface area contributed by atoms with Crippen LogP contribution in [0.1, 0.15) is 37.9 Å². The zero-order chi connectivity index (χ0) is 16.6. The highest BCUT2D eigenvalue weighted by Gasteiger charge is 2.51. The number of nitrogens with one attached hydrogen (secondary N) is 1. The Hall–Kier alpha value is -2.70. The van der Waals surface area contributed by atoms with Gasteiger partial charge in [0.05, 0.1) is 12.2 Å². The zero-order valence-corrected chi connectivity index (χ0v) is 13.3. The number of hydrogen-bond donors (Lipinski definition) is 1. The van der Waals surface area contributed by atoms with Crippen molar-refractivity contribution in [1.82, 2.24) is 25.0 Å². The van der Waals surface area contributed by atoms with E-state index in [1.165, 1.54) is 4.90 Å². The highest BCUT2D eigenvalue weighted by molar-refractivity contribution is 6.06. The number of carbonyl (C=O) groups is 2. The highest BCUT2D eigenvalue weighted by atomic mass is 16.2. The van der Waals surface area contributed by atoms with Crippen LogP contribution >= 0.6 is 0 Å². The van der Waals surface area contributed by atoms with Crippen LogP contribution in [0.25, 0.3) is 5.69 Å². The van der Waals surface area contributed by atoms with Gasteiger partial charge in [0.1, 0.15) is 11.9 Å². The minimum Gasteiger partial charge on any atom is -0.323 e. The number of rotatable bonds is 3. The molecule has 24 heavy (non-hydrogen) atoms. The summed E-state index contributed by atoms with van der Waals surface area (Å²) in [5.41, 5.74) is 0.189. The fourth-order valence-corrected chi connectivity index (χ4v) is 3.53. The van der Waals surface area contributed by atoms with Gasteiger partial charge in [0.15, 0.2) is 5.82 Å². The quantitative estimate of drug-likeness (QED) is 0.876. The van der Waals surface area contributed by atoms with Crippen LogP contribution in [0.15, 0.2) is 36.7 Å². The molecule has 1 aromatic carbocycles. The minimum atomic E-state index is -0.697. The van der Waals surface area contributed by atoms with Crippen LogP contribution in [0.4, 0.5) is 4.79 Å². The molecule has 0 radical (unpaired) electrons. The summed E-state index contributed by atoms with van der Waals surface area (Å²) < 4.78 is 1.64. The Morgan fingerprint density at radius 1 is 1.08 bits per heavy atom. The lowest BCUT2D eigenvalue weighted by Crippen LogP contribution is -2.48. The minimum absolute atomic E-state index is 0.103. The zero-order valence-electron chi connectivity index (χ0n) is 13.3. The van der Waals surface area contributed by atoms with Gasteiger partial charge in [-0.05, 0) is 25.0 Å². The second kappa shape index (κ2) is 5.74. The molecule has 1 N–H and O–H groups in total. The summed E-state index contributed by atoms with van der Waals surface area (Å²) >= 11 is 0. The third-order valence-corrected chi connectivity index (χ3v) is 4.81. The molecule has 1 saturated carbocycles. The van der Waals surface area contributed by atoms with Gasteiger partial charge in [0.25, 0.3) is 5.91 Å². The van der Waals surface area contributed by atoms with Crippen molar-refractivity contribution >= 4 is 11.9 Å². The number of nitrogens with zero attached hydrogens (tertiary/aromatic N) is 4. The van der Waals surface area contributed by atoms with Gasteiger partial charge in [-0.1, -0.05) is 37.5 Å². The second-order valence-electron chi connectivity index (χ2n) is 6.41. The molecule has 7 heteroatoms. The SMILES string of the molecule is O=C1NC2(CCCCC2)C(=O)N1Cc1ncn(-c2ccccc2)n1. The Morgan fingerprint density at radius 2 is 1.83 bits per heavy atom. The van der Waals surface area contributed by atoms with Crippen molar-refractivity contribution in [3.63, 3.8) is 0 Å². The predicted octanol–water partition coefficient (Wildman–Crippen LogP) is 2.02. The van der Waals surface area contributed by atoms with Crippen molar-refractivity contribution < 1.29 is 9.59 Å². The second-order valence-corrected chi connectivity index (χ2v) is 6.41. The lowest BCUT2D eigenvalue weighted by molar-refractivity contribution is -0.132. The van der Waals surface area contributed by atoms with Crippen molar-refractivity contribution in [1.29, 1.82) is 0 Å². The van der Waals surface area contributed by atoms with E-state index in [0.29, 0.717) is 5.82 Å². The van der Waals surface area contributed by atoms with Crippen molar-refractivity contribution in [3.8, 4) is 5.69 Å². The largest absolute Gasteiger partial charge is 0.325 e. The van der Waals surface area contributed by atoms with E-state index in [9.17, 15) is 9.59 Å². The monoisotopic (exact) mass is 325 g/mol. The number of aromatic nitrogens is 3. The van der Waals surface area contributed by atoms with Crippen molar-refractivity contribution in [3.05, 3.63) is 42.5 Å². The standard InChI is InChI=1S/C17H19N5O2/c23-15-17(9-5-2-6-10-17)19-16(24)21(15)11-14-18-12-22(20-14)13-7-3-1-4-8-13/h1,3-4,7-8,12H,2,5-6,9-11H2,(H,19,24). The molecule has 2 aliphatic rings. The topological polar surface area (TPSA) is 80.1 Å². The number of imide groups is 1. The number of para-hydroxylation sites is 1. The summed E-state index contributed by atoms with van der Waals surface area (Å²) in [6, 6.07) is 9.27. The first kappa shape index (κ1) is 14.9. The number of urea groups is 1. The van der Waals surface area contributed by atoms with Gasteiger partial charge in [-0.3, -0.25) is 9.69 Å². The average Bonchev–Trinajstić information content (AvgIpc) is 3.16. The van der Waals surface area contributed by atoms with Crippen LogP contribution in [0.3, 0.4) is 0 Å². The molecule has 1 aliphatic heterocycles. The first-order valence-corrected chi connectivity index (χ1v) is 8.28. The molecule has 3 amide bonds. The summed E-state index contributed by atoms with van der Waals surface area (Å²) in [5, 5.41) is 7.28. The molecule has 4 rings (SSSR count). The summed E-state index contributed by atoms with van der Waals surface area (Å²) in [5.74, 6) is 0.318. The van der Waals surface area contributed by atoms with Gasteiger partial charge in [0, 0.05) is 0 Å². The Bertz CT molecular complexity index is 764. The van der Waals surface area contributed by atoms with Gasteiger partial charge in [-0.2, -0.15) is 0 Å². The van der Waals surface area contributed by atoms with Crippen LogP contribution < -0.4 is 5.32 Å². The molecule has 0 atom stereocenters. The van der Waals surface area contributed by atoms with Crippen LogP contribution in [-0.4, -0.2) is 37.1 Å². The van der Waals surface area contributed by atoms with Crippen molar-refractivity contribution in [2.24, 2.45) is 0 Å². The van der Waals surface area contributed by atoms with E-state index in [1.54, 1.807) is 11.0 Å². The van der Waals surface area contributed by atoms with Gasteiger partial charge >= 0.3 is 6.03 Å². The fourth-order valence-electron chi connectivity index (χ4n) is 3.53. The van der Waals surface area contributed by atoms with Crippen LogP contribution in [0.2, 0.25) is 0 Å². The molecular weight excluding hydrogens is 306 g/mol. The molecule has 1 aromatic heterocycles. The van der Waals surface area contributed by atoms with E-state index in [2.05, 4.69) is 15.4 Å². The van der Waals surface area contributed by atoms with Gasteiger partial charge in [-0.25, -0.2) is 14.5 Å².